The largest absolute Gasteiger partial charge is 0.496 e. The van der Waals surface area contributed by atoms with Gasteiger partial charge >= 0.3 is 0 Å². The van der Waals surface area contributed by atoms with Gasteiger partial charge in [-0.2, -0.15) is 4.68 Å². The van der Waals surface area contributed by atoms with Crippen molar-refractivity contribution in [1.29, 1.82) is 0 Å². The van der Waals surface area contributed by atoms with Crippen molar-refractivity contribution in [1.82, 2.24) is 30.0 Å². The third-order valence-electron chi connectivity index (χ3n) is 5.19. The Balaban J connectivity index is 1.36. The van der Waals surface area contributed by atoms with E-state index in [2.05, 4.69) is 50.4 Å². The fourth-order valence-electron chi connectivity index (χ4n) is 3.65. The molecule has 0 aliphatic carbocycles. The highest BCUT2D eigenvalue weighted by molar-refractivity contribution is 5.36. The van der Waals surface area contributed by atoms with Crippen molar-refractivity contribution in [3.05, 3.63) is 65.5 Å². The van der Waals surface area contributed by atoms with Crippen molar-refractivity contribution >= 4 is 0 Å². The summed E-state index contributed by atoms with van der Waals surface area (Å²) in [6, 6.07) is 16.4. The standard InChI is InChI=1S/C21H26N6O/c1-17-8-9-20(28-2)18(14-17)15-25-10-12-26(13-11-25)16-21-22-23-24-27(21)19-6-4-3-5-7-19/h3-9,14H,10-13,15-16H2,1-2H3. The molecule has 0 amide bonds. The van der Waals surface area contributed by atoms with E-state index in [-0.39, 0.29) is 0 Å². The first-order valence-corrected chi connectivity index (χ1v) is 9.64. The highest BCUT2D eigenvalue weighted by Gasteiger charge is 2.20. The fourth-order valence-corrected chi connectivity index (χ4v) is 3.65. The Bertz CT molecular complexity index is 902. The molecule has 1 saturated heterocycles. The first-order chi connectivity index (χ1) is 13.7. The number of piperazine rings is 1. The summed E-state index contributed by atoms with van der Waals surface area (Å²) >= 11 is 0. The summed E-state index contributed by atoms with van der Waals surface area (Å²) in [5.74, 6) is 1.84. The first-order valence-electron chi connectivity index (χ1n) is 9.64. The highest BCUT2D eigenvalue weighted by Crippen LogP contribution is 2.22. The number of ether oxygens (including phenoxy) is 1. The summed E-state index contributed by atoms with van der Waals surface area (Å²) in [6.45, 7) is 7.82. The molecule has 1 aromatic heterocycles. The second-order valence-corrected chi connectivity index (χ2v) is 7.21. The number of nitrogens with zero attached hydrogens (tertiary/aromatic N) is 6. The first kappa shape index (κ1) is 18.6. The molecule has 0 radical (unpaired) electrons. The van der Waals surface area contributed by atoms with E-state index in [1.54, 1.807) is 7.11 Å². The van der Waals surface area contributed by atoms with Crippen LogP contribution in [0.1, 0.15) is 17.0 Å². The monoisotopic (exact) mass is 378 g/mol. The molecule has 7 nitrogen and oxygen atoms in total. The highest BCUT2D eigenvalue weighted by atomic mass is 16.5. The average molecular weight is 378 g/mol. The van der Waals surface area contributed by atoms with Gasteiger partial charge in [0.05, 0.1) is 19.3 Å². The molecular formula is C21H26N6O. The van der Waals surface area contributed by atoms with Crippen molar-refractivity contribution < 1.29 is 4.74 Å². The average Bonchev–Trinajstić information content (AvgIpc) is 3.18. The molecule has 7 heteroatoms. The normalized spacial score (nSPS) is 15.6. The number of benzene rings is 2. The predicted molar refractivity (Wildman–Crippen MR) is 107 cm³/mol. The van der Waals surface area contributed by atoms with Crippen molar-refractivity contribution in [3.8, 4) is 11.4 Å². The lowest BCUT2D eigenvalue weighted by Crippen LogP contribution is -2.45. The van der Waals surface area contributed by atoms with E-state index in [1.807, 2.05) is 35.0 Å². The number of methoxy groups -OCH3 is 1. The number of para-hydroxylation sites is 1. The molecule has 0 unspecified atom stereocenters. The smallest absolute Gasteiger partial charge is 0.170 e. The van der Waals surface area contributed by atoms with Crippen LogP contribution in [0.3, 0.4) is 0 Å². The molecule has 3 aromatic rings. The van der Waals surface area contributed by atoms with Crippen LogP contribution >= 0.6 is 0 Å². The lowest BCUT2D eigenvalue weighted by Gasteiger charge is -2.34. The maximum Gasteiger partial charge on any atom is 0.170 e. The van der Waals surface area contributed by atoms with E-state index in [1.165, 1.54) is 11.1 Å². The molecule has 2 heterocycles. The van der Waals surface area contributed by atoms with E-state index in [9.17, 15) is 0 Å². The van der Waals surface area contributed by atoms with Gasteiger partial charge in [-0.15, -0.1) is 5.10 Å². The van der Waals surface area contributed by atoms with Crippen LogP contribution in [0, 0.1) is 6.92 Å². The molecule has 146 valence electrons. The molecule has 0 saturated carbocycles. The minimum Gasteiger partial charge on any atom is -0.496 e. The van der Waals surface area contributed by atoms with Gasteiger partial charge in [0, 0.05) is 38.3 Å². The zero-order chi connectivity index (χ0) is 19.3. The number of rotatable bonds is 6. The van der Waals surface area contributed by atoms with Gasteiger partial charge in [-0.3, -0.25) is 9.80 Å². The maximum atomic E-state index is 5.53. The van der Waals surface area contributed by atoms with Crippen LogP contribution in [0.15, 0.2) is 48.5 Å². The Morgan fingerprint density at radius 2 is 1.64 bits per heavy atom. The van der Waals surface area contributed by atoms with Crippen molar-refractivity contribution in [2.24, 2.45) is 0 Å². The molecule has 0 N–H and O–H groups in total. The van der Waals surface area contributed by atoms with Gasteiger partial charge in [0.25, 0.3) is 0 Å². The zero-order valence-corrected chi connectivity index (χ0v) is 16.5. The van der Waals surface area contributed by atoms with Crippen LogP contribution in [0.5, 0.6) is 5.75 Å². The van der Waals surface area contributed by atoms with Crippen LogP contribution in [0.25, 0.3) is 5.69 Å². The Morgan fingerprint density at radius 3 is 2.36 bits per heavy atom. The van der Waals surface area contributed by atoms with Crippen LogP contribution < -0.4 is 4.74 Å². The number of hydrogen-bond donors (Lipinski definition) is 0. The molecular weight excluding hydrogens is 352 g/mol. The summed E-state index contributed by atoms with van der Waals surface area (Å²) in [5, 5.41) is 12.3. The summed E-state index contributed by atoms with van der Waals surface area (Å²) in [5.41, 5.74) is 3.51. The Kier molecular flexibility index (Phi) is 5.64. The van der Waals surface area contributed by atoms with Gasteiger partial charge in [-0.1, -0.05) is 35.9 Å². The predicted octanol–water partition coefficient (Wildman–Crippen LogP) is 2.30. The van der Waals surface area contributed by atoms with Gasteiger partial charge in [0.15, 0.2) is 5.82 Å². The number of aromatic nitrogens is 4. The molecule has 0 bridgehead atoms. The molecule has 28 heavy (non-hydrogen) atoms. The van der Waals surface area contributed by atoms with E-state index >= 15 is 0 Å². The quantitative estimate of drug-likeness (QED) is 0.656. The molecule has 0 atom stereocenters. The lowest BCUT2D eigenvalue weighted by atomic mass is 10.1. The van der Waals surface area contributed by atoms with Crippen LogP contribution in [0.4, 0.5) is 0 Å². The fraction of sp³-hybridized carbons (Fsp3) is 0.381. The van der Waals surface area contributed by atoms with Gasteiger partial charge in [0.2, 0.25) is 0 Å². The van der Waals surface area contributed by atoms with Gasteiger partial charge in [0.1, 0.15) is 5.75 Å². The second-order valence-electron chi connectivity index (χ2n) is 7.21. The topological polar surface area (TPSA) is 59.3 Å². The third kappa shape index (κ3) is 4.21. The minimum absolute atomic E-state index is 0.753. The van der Waals surface area contributed by atoms with Gasteiger partial charge < -0.3 is 4.74 Å². The van der Waals surface area contributed by atoms with Crippen molar-refractivity contribution in [2.75, 3.05) is 33.3 Å². The molecule has 0 spiro atoms. The second kappa shape index (κ2) is 8.50. The van der Waals surface area contributed by atoms with Gasteiger partial charge in [-0.05, 0) is 35.5 Å². The summed E-state index contributed by atoms with van der Waals surface area (Å²) in [4.78, 5) is 4.89. The SMILES string of the molecule is COc1ccc(C)cc1CN1CCN(Cc2nnnn2-c2ccccc2)CC1. The third-order valence-corrected chi connectivity index (χ3v) is 5.19. The Labute approximate surface area is 165 Å². The Morgan fingerprint density at radius 1 is 0.929 bits per heavy atom. The van der Waals surface area contributed by atoms with Crippen molar-refractivity contribution in [3.63, 3.8) is 0 Å². The summed E-state index contributed by atoms with van der Waals surface area (Å²) in [6.07, 6.45) is 0. The molecule has 1 aliphatic rings. The van der Waals surface area contributed by atoms with Crippen molar-refractivity contribution in [2.45, 2.75) is 20.0 Å². The molecule has 4 rings (SSSR count). The molecule has 2 aromatic carbocycles. The number of aryl methyl sites for hydroxylation is 1. The van der Waals surface area contributed by atoms with E-state index in [4.69, 9.17) is 4.74 Å². The van der Waals surface area contributed by atoms with Crippen LogP contribution in [-0.2, 0) is 13.1 Å². The minimum atomic E-state index is 0.753. The number of hydrogen-bond acceptors (Lipinski definition) is 6. The van der Waals surface area contributed by atoms with E-state index in [0.29, 0.717) is 0 Å². The Hall–Kier alpha value is -2.77. The maximum absolute atomic E-state index is 5.53. The summed E-state index contributed by atoms with van der Waals surface area (Å²) in [7, 11) is 1.74. The van der Waals surface area contributed by atoms with E-state index in [0.717, 1.165) is 56.5 Å². The molecule has 1 fully saturated rings. The molecule has 1 aliphatic heterocycles. The van der Waals surface area contributed by atoms with Crippen LogP contribution in [0.2, 0.25) is 0 Å². The lowest BCUT2D eigenvalue weighted by molar-refractivity contribution is 0.118. The van der Waals surface area contributed by atoms with Crippen LogP contribution in [-0.4, -0.2) is 63.3 Å². The zero-order valence-electron chi connectivity index (χ0n) is 16.5. The summed E-state index contributed by atoms with van der Waals surface area (Å²) < 4.78 is 7.35. The van der Waals surface area contributed by atoms with Gasteiger partial charge in [-0.25, -0.2) is 0 Å². The van der Waals surface area contributed by atoms with E-state index < -0.39 is 0 Å². The number of tetrazole rings is 1.